The second kappa shape index (κ2) is 9.44. The predicted octanol–water partition coefficient (Wildman–Crippen LogP) is 3.44. The molecule has 0 heterocycles. The molecule has 3 nitrogen and oxygen atoms in total. The van der Waals surface area contributed by atoms with Crippen molar-refractivity contribution >= 4 is 40.1 Å². The Morgan fingerprint density at radius 3 is 2.89 bits per heavy atom. The van der Waals surface area contributed by atoms with Crippen LogP contribution in [0.2, 0.25) is 5.02 Å². The van der Waals surface area contributed by atoms with Gasteiger partial charge in [-0.25, -0.2) is 0 Å². The lowest BCUT2D eigenvalue weighted by Gasteiger charge is -2.07. The maximum absolute atomic E-state index is 11.5. The molecule has 18 heavy (non-hydrogen) atoms. The van der Waals surface area contributed by atoms with Crippen molar-refractivity contribution in [2.24, 2.45) is 0 Å². The van der Waals surface area contributed by atoms with E-state index in [-0.39, 0.29) is 12.5 Å². The number of rotatable bonds is 8. The number of amides is 1. The lowest BCUT2D eigenvalue weighted by molar-refractivity contribution is -0.123. The van der Waals surface area contributed by atoms with E-state index in [0.717, 1.165) is 12.8 Å². The Morgan fingerprint density at radius 2 is 2.17 bits per heavy atom. The zero-order valence-corrected chi connectivity index (χ0v) is 13.0. The van der Waals surface area contributed by atoms with Crippen molar-refractivity contribution < 1.29 is 9.53 Å². The maximum Gasteiger partial charge on any atom is 0.257 e. The quantitative estimate of drug-likeness (QED) is 0.425. The highest BCUT2D eigenvalue weighted by molar-refractivity contribution is 14.1. The fourth-order valence-corrected chi connectivity index (χ4v) is 2.10. The second-order valence-electron chi connectivity index (χ2n) is 3.85. The van der Waals surface area contributed by atoms with Gasteiger partial charge < -0.3 is 10.1 Å². The number of carbonyl (C=O) groups is 1. The summed E-state index contributed by atoms with van der Waals surface area (Å²) in [5, 5.41) is 3.43. The summed E-state index contributed by atoms with van der Waals surface area (Å²) in [5.74, 6) is 0.520. The molecule has 0 atom stereocenters. The third-order valence-corrected chi connectivity index (χ3v) is 3.30. The van der Waals surface area contributed by atoms with Crippen molar-refractivity contribution in [2.45, 2.75) is 19.3 Å². The highest BCUT2D eigenvalue weighted by atomic mass is 127. The molecule has 0 bridgehead atoms. The largest absolute Gasteiger partial charge is 0.484 e. The number of benzene rings is 1. The van der Waals surface area contributed by atoms with Gasteiger partial charge in [0.15, 0.2) is 6.61 Å². The molecule has 0 aliphatic rings. The first-order chi connectivity index (χ1) is 8.72. The lowest BCUT2D eigenvalue weighted by Crippen LogP contribution is -2.29. The Bertz CT molecular complexity index is 374. The van der Waals surface area contributed by atoms with Gasteiger partial charge in [0.05, 0.1) is 0 Å². The maximum atomic E-state index is 11.5. The molecule has 0 aromatic heterocycles. The molecule has 0 unspecified atom stereocenters. The Kier molecular flexibility index (Phi) is 8.17. The zero-order valence-electron chi connectivity index (χ0n) is 10.1. The third-order valence-electron chi connectivity index (χ3n) is 2.30. The zero-order chi connectivity index (χ0) is 13.2. The van der Waals surface area contributed by atoms with Crippen LogP contribution >= 0.6 is 34.2 Å². The van der Waals surface area contributed by atoms with Gasteiger partial charge in [-0.2, -0.15) is 0 Å². The SMILES string of the molecule is O=C(COc1cccc(Cl)c1)NCCCCCI. The summed E-state index contributed by atoms with van der Waals surface area (Å²) in [6.07, 6.45) is 3.37. The molecule has 0 aliphatic heterocycles. The van der Waals surface area contributed by atoms with Crippen LogP contribution in [0.25, 0.3) is 0 Å². The fraction of sp³-hybridized carbons (Fsp3) is 0.462. The smallest absolute Gasteiger partial charge is 0.257 e. The number of nitrogens with one attached hydrogen (secondary N) is 1. The lowest BCUT2D eigenvalue weighted by atomic mass is 10.2. The number of hydrogen-bond donors (Lipinski definition) is 1. The van der Waals surface area contributed by atoms with Crippen molar-refractivity contribution in [3.05, 3.63) is 29.3 Å². The topological polar surface area (TPSA) is 38.3 Å². The summed E-state index contributed by atoms with van der Waals surface area (Å²) in [4.78, 5) is 11.5. The van der Waals surface area contributed by atoms with E-state index >= 15 is 0 Å². The number of carbonyl (C=O) groups excluding carboxylic acids is 1. The summed E-state index contributed by atoms with van der Waals surface area (Å²) in [6, 6.07) is 7.02. The Hall–Kier alpha value is -0.490. The van der Waals surface area contributed by atoms with Gasteiger partial charge in [0.2, 0.25) is 0 Å². The molecule has 0 fully saturated rings. The van der Waals surface area contributed by atoms with E-state index in [1.165, 1.54) is 10.8 Å². The molecule has 1 N–H and O–H groups in total. The summed E-state index contributed by atoms with van der Waals surface area (Å²) in [6.45, 7) is 0.751. The van der Waals surface area contributed by atoms with E-state index in [2.05, 4.69) is 27.9 Å². The first kappa shape index (κ1) is 15.6. The van der Waals surface area contributed by atoms with Gasteiger partial charge in [0.25, 0.3) is 5.91 Å². The van der Waals surface area contributed by atoms with Crippen LogP contribution in [-0.4, -0.2) is 23.5 Å². The number of ether oxygens (including phenoxy) is 1. The van der Waals surface area contributed by atoms with Crippen LogP contribution in [0.15, 0.2) is 24.3 Å². The van der Waals surface area contributed by atoms with Crippen LogP contribution in [0.5, 0.6) is 5.75 Å². The standard InChI is InChI=1S/C13H17ClINO2/c14-11-5-4-6-12(9-11)18-10-13(17)16-8-3-1-2-7-15/h4-6,9H,1-3,7-8,10H2,(H,16,17). The summed E-state index contributed by atoms with van der Waals surface area (Å²) < 4.78 is 6.50. The highest BCUT2D eigenvalue weighted by Crippen LogP contribution is 2.16. The number of unbranched alkanes of at least 4 members (excludes halogenated alkanes) is 2. The van der Waals surface area contributed by atoms with Crippen LogP contribution in [0.1, 0.15) is 19.3 Å². The number of hydrogen-bond acceptors (Lipinski definition) is 2. The molecule has 1 rings (SSSR count). The van der Waals surface area contributed by atoms with Crippen molar-refractivity contribution in [1.82, 2.24) is 5.32 Å². The van der Waals surface area contributed by atoms with Crippen molar-refractivity contribution in [3.63, 3.8) is 0 Å². The number of alkyl halides is 1. The van der Waals surface area contributed by atoms with Crippen molar-refractivity contribution in [1.29, 1.82) is 0 Å². The Morgan fingerprint density at radius 1 is 1.33 bits per heavy atom. The van der Waals surface area contributed by atoms with Gasteiger partial charge in [-0.15, -0.1) is 0 Å². The fourth-order valence-electron chi connectivity index (χ4n) is 1.38. The molecule has 0 aliphatic carbocycles. The molecule has 5 heteroatoms. The summed E-state index contributed by atoms with van der Waals surface area (Å²) >= 11 is 8.17. The van der Waals surface area contributed by atoms with E-state index in [4.69, 9.17) is 16.3 Å². The van der Waals surface area contributed by atoms with Crippen LogP contribution in [0.4, 0.5) is 0 Å². The summed E-state index contributed by atoms with van der Waals surface area (Å²) in [5.41, 5.74) is 0. The molecule has 0 radical (unpaired) electrons. The minimum atomic E-state index is -0.0931. The van der Waals surface area contributed by atoms with Gasteiger partial charge in [0, 0.05) is 11.6 Å². The molecule has 100 valence electrons. The van der Waals surface area contributed by atoms with E-state index in [1.807, 2.05) is 0 Å². The van der Waals surface area contributed by atoms with Crippen LogP contribution in [0.3, 0.4) is 0 Å². The minimum Gasteiger partial charge on any atom is -0.484 e. The van der Waals surface area contributed by atoms with Crippen LogP contribution in [-0.2, 0) is 4.79 Å². The van der Waals surface area contributed by atoms with Gasteiger partial charge >= 0.3 is 0 Å². The van der Waals surface area contributed by atoms with Crippen LogP contribution < -0.4 is 10.1 Å². The Balaban J connectivity index is 2.13. The molecular formula is C13H17ClINO2. The van der Waals surface area contributed by atoms with E-state index < -0.39 is 0 Å². The highest BCUT2D eigenvalue weighted by Gasteiger charge is 2.02. The van der Waals surface area contributed by atoms with Crippen molar-refractivity contribution in [2.75, 3.05) is 17.6 Å². The average molecular weight is 382 g/mol. The predicted molar refractivity (Wildman–Crippen MR) is 82.7 cm³/mol. The van der Waals surface area contributed by atoms with E-state index in [9.17, 15) is 4.79 Å². The molecule has 1 aromatic rings. The third kappa shape index (κ3) is 7.06. The van der Waals surface area contributed by atoms with E-state index in [1.54, 1.807) is 24.3 Å². The van der Waals surface area contributed by atoms with Gasteiger partial charge in [-0.3, -0.25) is 4.79 Å². The molecule has 0 saturated heterocycles. The number of halogens is 2. The minimum absolute atomic E-state index is 0.0344. The average Bonchev–Trinajstić information content (AvgIpc) is 2.36. The van der Waals surface area contributed by atoms with Crippen molar-refractivity contribution in [3.8, 4) is 5.75 Å². The Labute approximate surface area is 126 Å². The first-order valence-corrected chi connectivity index (χ1v) is 7.84. The molecular weight excluding hydrogens is 365 g/mol. The summed E-state index contributed by atoms with van der Waals surface area (Å²) in [7, 11) is 0. The second-order valence-corrected chi connectivity index (χ2v) is 5.36. The van der Waals surface area contributed by atoms with Crippen LogP contribution in [0, 0.1) is 0 Å². The molecule has 0 spiro atoms. The first-order valence-electron chi connectivity index (χ1n) is 5.93. The monoisotopic (exact) mass is 381 g/mol. The van der Waals surface area contributed by atoms with E-state index in [0.29, 0.717) is 17.3 Å². The molecule has 1 aromatic carbocycles. The molecule has 1 amide bonds. The van der Waals surface area contributed by atoms with Gasteiger partial charge in [-0.1, -0.05) is 46.7 Å². The molecule has 0 saturated carbocycles. The normalized spacial score (nSPS) is 10.1. The van der Waals surface area contributed by atoms with Gasteiger partial charge in [-0.05, 0) is 35.5 Å². The van der Waals surface area contributed by atoms with Gasteiger partial charge in [0.1, 0.15) is 5.75 Å².